The zero-order valence-corrected chi connectivity index (χ0v) is 15.1. The number of likely N-dealkylation sites (tertiary alicyclic amines) is 1. The Kier molecular flexibility index (Phi) is 8.18. The van der Waals surface area contributed by atoms with Gasteiger partial charge in [0.25, 0.3) is 0 Å². The molecule has 25 heavy (non-hydrogen) atoms. The number of hydrogen-bond acceptors (Lipinski definition) is 6. The number of β-amino-alcohol motifs (C(OH)–C–C–N with tert-alkyl or cyclic N) is 1. The van der Waals surface area contributed by atoms with Crippen LogP contribution in [0.15, 0.2) is 24.3 Å². The number of carbonyl (C=O) groups is 1. The van der Waals surface area contributed by atoms with Crippen LogP contribution >= 0.6 is 0 Å². The third-order valence-electron chi connectivity index (χ3n) is 4.35. The minimum Gasteiger partial charge on any atom is -0.496 e. The quantitative estimate of drug-likeness (QED) is 0.685. The SMILES string of the molecule is CCOC(=O)[C@@H]1CCCN(C[C@H](O)COCc2ccccc2OC)C1. The molecule has 140 valence electrons. The number of methoxy groups -OCH3 is 1. The van der Waals surface area contributed by atoms with Gasteiger partial charge in [-0.2, -0.15) is 0 Å². The summed E-state index contributed by atoms with van der Waals surface area (Å²) in [5.74, 6) is 0.565. The molecule has 1 heterocycles. The van der Waals surface area contributed by atoms with E-state index in [1.165, 1.54) is 0 Å². The van der Waals surface area contributed by atoms with Crippen molar-refractivity contribution in [3.05, 3.63) is 29.8 Å². The summed E-state index contributed by atoms with van der Waals surface area (Å²) in [5.41, 5.74) is 0.956. The number of para-hydroxylation sites is 1. The normalized spacial score (nSPS) is 19.4. The first-order valence-electron chi connectivity index (χ1n) is 8.90. The molecular weight excluding hydrogens is 322 g/mol. The summed E-state index contributed by atoms with van der Waals surface area (Å²) in [4.78, 5) is 14.0. The summed E-state index contributed by atoms with van der Waals surface area (Å²) in [7, 11) is 1.63. The van der Waals surface area contributed by atoms with E-state index in [1.807, 2.05) is 31.2 Å². The van der Waals surface area contributed by atoms with Gasteiger partial charge < -0.3 is 19.3 Å². The Bertz CT molecular complexity index is 536. The number of piperidine rings is 1. The average molecular weight is 351 g/mol. The zero-order valence-electron chi connectivity index (χ0n) is 15.1. The van der Waals surface area contributed by atoms with E-state index in [9.17, 15) is 9.90 Å². The highest BCUT2D eigenvalue weighted by Gasteiger charge is 2.27. The van der Waals surface area contributed by atoms with E-state index in [0.717, 1.165) is 30.7 Å². The number of hydrogen-bond donors (Lipinski definition) is 1. The van der Waals surface area contributed by atoms with Gasteiger partial charge in [0.05, 0.1) is 39.0 Å². The van der Waals surface area contributed by atoms with Gasteiger partial charge in [0.1, 0.15) is 5.75 Å². The van der Waals surface area contributed by atoms with Crippen LogP contribution in [0, 0.1) is 5.92 Å². The molecule has 6 nitrogen and oxygen atoms in total. The summed E-state index contributed by atoms with van der Waals surface area (Å²) in [5, 5.41) is 10.2. The lowest BCUT2D eigenvalue weighted by molar-refractivity contribution is -0.150. The van der Waals surface area contributed by atoms with Crippen LogP contribution in [0.3, 0.4) is 0 Å². The van der Waals surface area contributed by atoms with Crippen molar-refractivity contribution in [3.8, 4) is 5.75 Å². The Morgan fingerprint density at radius 3 is 2.96 bits per heavy atom. The number of nitrogens with zero attached hydrogens (tertiary/aromatic N) is 1. The number of aliphatic hydroxyl groups excluding tert-OH is 1. The van der Waals surface area contributed by atoms with Gasteiger partial charge in [0.2, 0.25) is 0 Å². The molecule has 1 aliphatic rings. The Hall–Kier alpha value is -1.63. The monoisotopic (exact) mass is 351 g/mol. The number of benzene rings is 1. The Morgan fingerprint density at radius 2 is 2.20 bits per heavy atom. The van der Waals surface area contributed by atoms with Crippen LogP contribution in [0.5, 0.6) is 5.75 Å². The molecule has 0 radical (unpaired) electrons. The van der Waals surface area contributed by atoms with Crippen molar-refractivity contribution in [2.45, 2.75) is 32.5 Å². The number of esters is 1. The fourth-order valence-electron chi connectivity index (χ4n) is 3.15. The highest BCUT2D eigenvalue weighted by Crippen LogP contribution is 2.19. The van der Waals surface area contributed by atoms with E-state index in [4.69, 9.17) is 14.2 Å². The minimum absolute atomic E-state index is 0.0876. The van der Waals surface area contributed by atoms with Gasteiger partial charge in [0, 0.05) is 18.7 Å². The lowest BCUT2D eigenvalue weighted by atomic mass is 9.98. The molecule has 0 bridgehead atoms. The highest BCUT2D eigenvalue weighted by atomic mass is 16.5. The summed E-state index contributed by atoms with van der Waals surface area (Å²) in [6.07, 6.45) is 1.21. The number of aliphatic hydroxyl groups is 1. The standard InChI is InChI=1S/C19H29NO5/c1-3-25-19(22)15-8-6-10-20(11-15)12-17(21)14-24-13-16-7-4-5-9-18(16)23-2/h4-5,7,9,15,17,21H,3,6,8,10-14H2,1-2H3/t15-,17+/m1/s1. The maximum atomic E-state index is 11.9. The molecule has 1 fully saturated rings. The lowest BCUT2D eigenvalue weighted by Crippen LogP contribution is -2.43. The molecular formula is C19H29NO5. The van der Waals surface area contributed by atoms with Crippen LogP contribution in [0.25, 0.3) is 0 Å². The molecule has 0 unspecified atom stereocenters. The van der Waals surface area contributed by atoms with Crippen LogP contribution < -0.4 is 4.74 Å². The van der Waals surface area contributed by atoms with Crippen LogP contribution in [0.1, 0.15) is 25.3 Å². The summed E-state index contributed by atoms with van der Waals surface area (Å²) in [6.45, 7) is 4.91. The average Bonchev–Trinajstić information content (AvgIpc) is 2.62. The van der Waals surface area contributed by atoms with Crippen molar-refractivity contribution in [2.24, 2.45) is 5.92 Å². The minimum atomic E-state index is -0.587. The molecule has 2 rings (SSSR count). The highest BCUT2D eigenvalue weighted by molar-refractivity contribution is 5.72. The molecule has 0 amide bonds. The molecule has 2 atom stereocenters. The first kappa shape index (κ1) is 19.7. The zero-order chi connectivity index (χ0) is 18.1. The fraction of sp³-hybridized carbons (Fsp3) is 0.632. The van der Waals surface area contributed by atoms with Crippen molar-refractivity contribution in [2.75, 3.05) is 40.0 Å². The number of rotatable bonds is 9. The summed E-state index contributed by atoms with van der Waals surface area (Å²) in [6, 6.07) is 7.67. The third kappa shape index (κ3) is 6.30. The molecule has 1 N–H and O–H groups in total. The largest absolute Gasteiger partial charge is 0.496 e. The van der Waals surface area contributed by atoms with Gasteiger partial charge >= 0.3 is 5.97 Å². The molecule has 1 saturated heterocycles. The van der Waals surface area contributed by atoms with Crippen molar-refractivity contribution >= 4 is 5.97 Å². The van der Waals surface area contributed by atoms with Crippen LogP contribution in [-0.4, -0.2) is 62.0 Å². The smallest absolute Gasteiger partial charge is 0.310 e. The first-order valence-corrected chi connectivity index (χ1v) is 8.90. The molecule has 1 aliphatic heterocycles. The van der Waals surface area contributed by atoms with E-state index in [-0.39, 0.29) is 18.5 Å². The van der Waals surface area contributed by atoms with E-state index in [2.05, 4.69) is 4.90 Å². The number of carbonyl (C=O) groups excluding carboxylic acids is 1. The van der Waals surface area contributed by atoms with E-state index in [0.29, 0.717) is 26.3 Å². The van der Waals surface area contributed by atoms with E-state index >= 15 is 0 Å². The predicted octanol–water partition coefficient (Wildman–Crippen LogP) is 1.85. The Morgan fingerprint density at radius 1 is 1.40 bits per heavy atom. The molecule has 0 spiro atoms. The molecule has 1 aromatic rings. The second-order valence-electron chi connectivity index (χ2n) is 6.33. The predicted molar refractivity (Wildman–Crippen MR) is 94.5 cm³/mol. The summed E-state index contributed by atoms with van der Waals surface area (Å²) >= 11 is 0. The Labute approximate surface area is 149 Å². The van der Waals surface area contributed by atoms with Gasteiger partial charge in [-0.15, -0.1) is 0 Å². The topological polar surface area (TPSA) is 68.2 Å². The maximum Gasteiger partial charge on any atom is 0.310 e. The molecule has 1 aromatic carbocycles. The van der Waals surface area contributed by atoms with Gasteiger partial charge in [-0.1, -0.05) is 18.2 Å². The van der Waals surface area contributed by atoms with Crippen molar-refractivity contribution < 1.29 is 24.1 Å². The van der Waals surface area contributed by atoms with Gasteiger partial charge in [0.15, 0.2) is 0 Å². The van der Waals surface area contributed by atoms with Gasteiger partial charge in [-0.3, -0.25) is 9.69 Å². The second kappa shape index (κ2) is 10.4. The molecule has 0 aromatic heterocycles. The second-order valence-corrected chi connectivity index (χ2v) is 6.33. The van der Waals surface area contributed by atoms with Gasteiger partial charge in [-0.05, 0) is 32.4 Å². The van der Waals surface area contributed by atoms with Crippen molar-refractivity contribution in [3.63, 3.8) is 0 Å². The van der Waals surface area contributed by atoms with Crippen LogP contribution in [-0.2, 0) is 20.9 Å². The lowest BCUT2D eigenvalue weighted by Gasteiger charge is -2.32. The van der Waals surface area contributed by atoms with Crippen LogP contribution in [0.4, 0.5) is 0 Å². The molecule has 0 aliphatic carbocycles. The fourth-order valence-corrected chi connectivity index (χ4v) is 3.15. The Balaban J connectivity index is 1.72. The maximum absolute atomic E-state index is 11.9. The van der Waals surface area contributed by atoms with Gasteiger partial charge in [-0.25, -0.2) is 0 Å². The van der Waals surface area contributed by atoms with Crippen LogP contribution in [0.2, 0.25) is 0 Å². The molecule has 0 saturated carbocycles. The number of ether oxygens (including phenoxy) is 3. The first-order chi connectivity index (χ1) is 12.1. The van der Waals surface area contributed by atoms with Crippen molar-refractivity contribution in [1.82, 2.24) is 4.90 Å². The molecule has 6 heteroatoms. The third-order valence-corrected chi connectivity index (χ3v) is 4.35. The van der Waals surface area contributed by atoms with E-state index < -0.39 is 6.10 Å². The summed E-state index contributed by atoms with van der Waals surface area (Å²) < 4.78 is 16.0. The van der Waals surface area contributed by atoms with Crippen molar-refractivity contribution in [1.29, 1.82) is 0 Å². The van der Waals surface area contributed by atoms with E-state index in [1.54, 1.807) is 7.11 Å².